The number of benzene rings is 1. The van der Waals surface area contributed by atoms with E-state index in [1.807, 2.05) is 37.3 Å². The van der Waals surface area contributed by atoms with Gasteiger partial charge in [-0.15, -0.1) is 10.2 Å². The van der Waals surface area contributed by atoms with Crippen molar-refractivity contribution < 1.29 is 22.4 Å². The van der Waals surface area contributed by atoms with E-state index in [0.717, 1.165) is 25.3 Å². The summed E-state index contributed by atoms with van der Waals surface area (Å²) < 4.78 is 44.8. The molecule has 0 unspecified atom stereocenters. The van der Waals surface area contributed by atoms with Crippen molar-refractivity contribution in [3.8, 4) is 11.5 Å². The smallest absolute Gasteiger partial charge is 0.400 e. The molecule has 8 heteroatoms. The fourth-order valence-corrected chi connectivity index (χ4v) is 4.58. The molecule has 2 fully saturated rings. The molecule has 29 heavy (non-hydrogen) atoms. The van der Waals surface area contributed by atoms with Crippen LogP contribution in [-0.4, -0.2) is 40.3 Å². The first-order chi connectivity index (χ1) is 13.7. The minimum atomic E-state index is -4.51. The number of likely N-dealkylation sites (tertiary alicyclic amines) is 1. The molecule has 2 aliphatic rings. The van der Waals surface area contributed by atoms with E-state index in [2.05, 4.69) is 10.2 Å². The van der Waals surface area contributed by atoms with Gasteiger partial charge in [-0.05, 0) is 50.2 Å². The molecule has 1 saturated heterocycles. The van der Waals surface area contributed by atoms with Crippen LogP contribution in [0.3, 0.4) is 0 Å². The molecule has 3 atom stereocenters. The molecule has 1 aromatic heterocycles. The summed E-state index contributed by atoms with van der Waals surface area (Å²) in [5.74, 6) is -1.45. The molecule has 2 aromatic rings. The number of alkyl halides is 3. The summed E-state index contributed by atoms with van der Waals surface area (Å²) in [6.07, 6.45) is -2.02. The summed E-state index contributed by atoms with van der Waals surface area (Å²) in [5, 5.41) is 8.50. The highest BCUT2D eigenvalue weighted by atomic mass is 19.4. The van der Waals surface area contributed by atoms with Gasteiger partial charge in [0.2, 0.25) is 17.7 Å². The minimum absolute atomic E-state index is 0.0581. The van der Waals surface area contributed by atoms with Crippen molar-refractivity contribution in [2.75, 3.05) is 13.1 Å². The topological polar surface area (TPSA) is 59.2 Å². The molecule has 1 aromatic carbocycles. The average Bonchev–Trinajstić information content (AvgIpc) is 3.34. The van der Waals surface area contributed by atoms with Gasteiger partial charge in [0.15, 0.2) is 0 Å². The van der Waals surface area contributed by atoms with Gasteiger partial charge in [0.25, 0.3) is 0 Å². The van der Waals surface area contributed by atoms with Crippen LogP contribution in [0.25, 0.3) is 11.5 Å². The lowest BCUT2D eigenvalue weighted by Crippen LogP contribution is -2.49. The van der Waals surface area contributed by atoms with Crippen molar-refractivity contribution in [1.82, 2.24) is 15.1 Å². The molecule has 2 heterocycles. The van der Waals surface area contributed by atoms with E-state index < -0.39 is 18.0 Å². The van der Waals surface area contributed by atoms with Gasteiger partial charge in [-0.2, -0.15) is 13.2 Å². The Morgan fingerprint density at radius 1 is 1.24 bits per heavy atom. The van der Waals surface area contributed by atoms with Crippen LogP contribution in [0.4, 0.5) is 13.2 Å². The second kappa shape index (κ2) is 7.15. The molecular weight excluding hydrogens is 383 g/mol. The molecule has 1 aliphatic carbocycles. The molecule has 0 radical (unpaired) electrons. The Hall–Kier alpha value is -2.38. The van der Waals surface area contributed by atoms with Crippen LogP contribution >= 0.6 is 0 Å². The summed E-state index contributed by atoms with van der Waals surface area (Å²) in [4.78, 5) is 13.6. The number of piperidine rings is 1. The number of rotatable bonds is 4. The number of hydrogen-bond donors (Lipinski definition) is 0. The summed E-state index contributed by atoms with van der Waals surface area (Å²) in [5.41, 5.74) is 0.640. The predicted molar refractivity (Wildman–Crippen MR) is 99.7 cm³/mol. The fourth-order valence-electron chi connectivity index (χ4n) is 4.58. The number of nitrogens with zero attached hydrogens (tertiary/aromatic N) is 3. The zero-order chi connectivity index (χ0) is 20.8. The second-order valence-electron chi connectivity index (χ2n) is 8.35. The first-order valence-electron chi connectivity index (χ1n) is 9.97. The highest BCUT2D eigenvalue weighted by Crippen LogP contribution is 2.57. The molecule has 0 N–H and O–H groups in total. The molecular formula is C21H24F3N3O2. The third-order valence-corrected chi connectivity index (χ3v) is 6.45. The normalized spacial score (nSPS) is 24.9. The average molecular weight is 407 g/mol. The lowest BCUT2D eigenvalue weighted by molar-refractivity contribution is -0.187. The van der Waals surface area contributed by atoms with Crippen molar-refractivity contribution in [2.24, 2.45) is 17.8 Å². The first-order valence-corrected chi connectivity index (χ1v) is 9.97. The van der Waals surface area contributed by atoms with Gasteiger partial charge >= 0.3 is 6.18 Å². The largest absolute Gasteiger partial charge is 0.420 e. The standard InChI is InChI=1S/C21H24F3N3O2/c1-13-12-27(18(28)14(2)21(22,23)24)11-8-16(13)20(9-10-20)19-26-25-17(29-19)15-6-4-3-5-7-15/h3-7,13-14,16H,8-12H2,1-2H3/t13-,14-,16+/m0/s1. The summed E-state index contributed by atoms with van der Waals surface area (Å²) in [7, 11) is 0. The maximum Gasteiger partial charge on any atom is 0.400 e. The lowest BCUT2D eigenvalue weighted by Gasteiger charge is -2.41. The predicted octanol–water partition coefficient (Wildman–Crippen LogP) is 4.45. The van der Waals surface area contributed by atoms with Gasteiger partial charge in [0.05, 0.1) is 5.41 Å². The van der Waals surface area contributed by atoms with E-state index in [1.54, 1.807) is 0 Å². The molecule has 5 nitrogen and oxygen atoms in total. The molecule has 0 spiro atoms. The van der Waals surface area contributed by atoms with Crippen molar-refractivity contribution in [3.05, 3.63) is 36.2 Å². The van der Waals surface area contributed by atoms with E-state index in [4.69, 9.17) is 4.42 Å². The molecule has 1 aliphatic heterocycles. The van der Waals surface area contributed by atoms with Crippen LogP contribution in [0.1, 0.15) is 39.0 Å². The molecule has 1 saturated carbocycles. The van der Waals surface area contributed by atoms with Crippen molar-refractivity contribution in [1.29, 1.82) is 0 Å². The van der Waals surface area contributed by atoms with E-state index in [1.165, 1.54) is 4.90 Å². The summed E-state index contributed by atoms with van der Waals surface area (Å²) in [6, 6.07) is 9.54. The van der Waals surface area contributed by atoms with Crippen LogP contribution in [-0.2, 0) is 10.2 Å². The zero-order valence-corrected chi connectivity index (χ0v) is 16.4. The first kappa shape index (κ1) is 19.9. The summed E-state index contributed by atoms with van der Waals surface area (Å²) in [6.45, 7) is 3.59. The number of carbonyl (C=O) groups is 1. The van der Waals surface area contributed by atoms with Gasteiger partial charge in [0, 0.05) is 18.7 Å². The van der Waals surface area contributed by atoms with Crippen molar-refractivity contribution in [2.45, 2.75) is 44.7 Å². The SMILES string of the molecule is C[C@H]1CN(C(=O)[C@H](C)C(F)(F)F)CC[C@H]1C1(c2nnc(-c3ccccc3)o2)CC1. The van der Waals surface area contributed by atoms with Gasteiger partial charge in [-0.3, -0.25) is 4.79 Å². The van der Waals surface area contributed by atoms with Crippen LogP contribution in [0, 0.1) is 17.8 Å². The van der Waals surface area contributed by atoms with E-state index in [-0.39, 0.29) is 17.3 Å². The maximum absolute atomic E-state index is 12.9. The highest BCUT2D eigenvalue weighted by molar-refractivity contribution is 5.79. The monoisotopic (exact) mass is 407 g/mol. The third kappa shape index (κ3) is 3.65. The molecule has 156 valence electrons. The Labute approximate surface area is 167 Å². The van der Waals surface area contributed by atoms with E-state index >= 15 is 0 Å². The zero-order valence-electron chi connectivity index (χ0n) is 16.4. The Balaban J connectivity index is 1.48. The van der Waals surface area contributed by atoms with Crippen LogP contribution in [0.15, 0.2) is 34.7 Å². The van der Waals surface area contributed by atoms with Crippen LogP contribution in [0.2, 0.25) is 0 Å². The van der Waals surface area contributed by atoms with Crippen LogP contribution < -0.4 is 0 Å². The van der Waals surface area contributed by atoms with E-state index in [9.17, 15) is 18.0 Å². The summed E-state index contributed by atoms with van der Waals surface area (Å²) >= 11 is 0. The van der Waals surface area contributed by atoms with Crippen molar-refractivity contribution in [3.63, 3.8) is 0 Å². The minimum Gasteiger partial charge on any atom is -0.420 e. The molecule has 1 amide bonds. The van der Waals surface area contributed by atoms with Gasteiger partial charge in [0.1, 0.15) is 5.92 Å². The Kier molecular flexibility index (Phi) is 4.91. The lowest BCUT2D eigenvalue weighted by atomic mass is 9.75. The Morgan fingerprint density at radius 3 is 2.52 bits per heavy atom. The molecule has 0 bridgehead atoms. The number of carbonyl (C=O) groups excluding carboxylic acids is 1. The van der Waals surface area contributed by atoms with Gasteiger partial charge in [-0.1, -0.05) is 25.1 Å². The maximum atomic E-state index is 12.9. The number of hydrogen-bond acceptors (Lipinski definition) is 4. The Bertz CT molecular complexity index is 877. The number of halogens is 3. The fraction of sp³-hybridized carbons (Fsp3) is 0.571. The number of aromatic nitrogens is 2. The quantitative estimate of drug-likeness (QED) is 0.751. The van der Waals surface area contributed by atoms with E-state index in [0.29, 0.717) is 31.3 Å². The van der Waals surface area contributed by atoms with Crippen LogP contribution in [0.5, 0.6) is 0 Å². The van der Waals surface area contributed by atoms with Gasteiger partial charge in [-0.25, -0.2) is 0 Å². The van der Waals surface area contributed by atoms with Crippen molar-refractivity contribution >= 4 is 5.91 Å². The second-order valence-corrected chi connectivity index (χ2v) is 8.35. The molecule has 4 rings (SSSR count). The Morgan fingerprint density at radius 2 is 1.93 bits per heavy atom. The van der Waals surface area contributed by atoms with Gasteiger partial charge < -0.3 is 9.32 Å². The highest BCUT2D eigenvalue weighted by Gasteiger charge is 2.57. The third-order valence-electron chi connectivity index (χ3n) is 6.45. The number of amides is 1.